The van der Waals surface area contributed by atoms with E-state index in [2.05, 4.69) is 0 Å². The van der Waals surface area contributed by atoms with Crippen molar-refractivity contribution in [2.75, 3.05) is 7.11 Å². The van der Waals surface area contributed by atoms with Gasteiger partial charge in [-0.1, -0.05) is 24.3 Å². The molecule has 0 aromatic heterocycles. The molecule has 2 nitrogen and oxygen atoms in total. The van der Waals surface area contributed by atoms with Gasteiger partial charge in [-0.3, -0.25) is 0 Å². The first-order chi connectivity index (χ1) is 6.33. The Morgan fingerprint density at radius 3 is 2.46 bits per heavy atom. The fourth-order valence-corrected chi connectivity index (χ4v) is 1.46. The fraction of sp³-hybridized carbons (Fsp3) is 0.0909. The normalized spacial score (nSPS) is 10.2. The highest BCUT2D eigenvalue weighted by Crippen LogP contribution is 2.32. The van der Waals surface area contributed by atoms with E-state index in [0.717, 1.165) is 10.8 Å². The lowest BCUT2D eigenvalue weighted by atomic mass is 10.1. The van der Waals surface area contributed by atoms with Gasteiger partial charge in [0, 0.05) is 0 Å². The van der Waals surface area contributed by atoms with Crippen LogP contribution in [-0.4, -0.2) is 12.2 Å². The number of aromatic hydroxyl groups is 1. The summed E-state index contributed by atoms with van der Waals surface area (Å²) in [5.41, 5.74) is 0. The van der Waals surface area contributed by atoms with Crippen LogP contribution in [0.5, 0.6) is 11.5 Å². The zero-order valence-corrected chi connectivity index (χ0v) is 7.32. The summed E-state index contributed by atoms with van der Waals surface area (Å²) in [5, 5.41) is 11.4. The van der Waals surface area contributed by atoms with Crippen molar-refractivity contribution in [3.05, 3.63) is 36.4 Å². The van der Waals surface area contributed by atoms with Gasteiger partial charge in [0.25, 0.3) is 0 Å². The van der Waals surface area contributed by atoms with E-state index in [9.17, 15) is 5.11 Å². The molecule has 0 bridgehead atoms. The van der Waals surface area contributed by atoms with Gasteiger partial charge in [0.1, 0.15) is 11.5 Å². The van der Waals surface area contributed by atoms with Gasteiger partial charge in [0.05, 0.1) is 12.5 Å². The quantitative estimate of drug-likeness (QED) is 0.719. The van der Waals surface area contributed by atoms with E-state index >= 15 is 0 Å². The molecule has 0 aliphatic carbocycles. The maximum Gasteiger partial charge on any atom is 0.130 e. The van der Waals surface area contributed by atoms with Gasteiger partial charge >= 0.3 is 0 Å². The molecule has 0 saturated heterocycles. The van der Waals surface area contributed by atoms with Gasteiger partial charge in [-0.05, 0) is 17.5 Å². The van der Waals surface area contributed by atoms with Crippen LogP contribution in [0.1, 0.15) is 0 Å². The highest BCUT2D eigenvalue weighted by molar-refractivity contribution is 5.93. The van der Waals surface area contributed by atoms with E-state index in [0.29, 0.717) is 5.75 Å². The minimum Gasteiger partial charge on any atom is -0.507 e. The SMILES string of the molecule is COc1cccc2cccc(O)c12. The number of hydrogen-bond donors (Lipinski definition) is 1. The monoisotopic (exact) mass is 174 g/mol. The molecule has 0 fully saturated rings. The fourth-order valence-electron chi connectivity index (χ4n) is 1.46. The molecule has 0 aliphatic rings. The van der Waals surface area contributed by atoms with E-state index in [1.807, 2.05) is 30.3 Å². The number of benzene rings is 2. The molecule has 0 heterocycles. The summed E-state index contributed by atoms with van der Waals surface area (Å²) < 4.78 is 5.15. The number of phenolic OH excluding ortho intramolecular Hbond substituents is 1. The summed E-state index contributed by atoms with van der Waals surface area (Å²) in [6.07, 6.45) is 0. The zero-order chi connectivity index (χ0) is 9.26. The summed E-state index contributed by atoms with van der Waals surface area (Å²) in [6.45, 7) is 0. The molecule has 2 rings (SSSR count). The largest absolute Gasteiger partial charge is 0.507 e. The second kappa shape index (κ2) is 2.98. The lowest BCUT2D eigenvalue weighted by molar-refractivity contribution is 0.416. The predicted molar refractivity (Wildman–Crippen MR) is 52.2 cm³/mol. The third kappa shape index (κ3) is 1.20. The zero-order valence-electron chi connectivity index (χ0n) is 7.32. The van der Waals surface area contributed by atoms with Crippen molar-refractivity contribution in [1.82, 2.24) is 0 Å². The number of phenols is 1. The summed E-state index contributed by atoms with van der Waals surface area (Å²) >= 11 is 0. The van der Waals surface area contributed by atoms with Crippen LogP contribution in [0.3, 0.4) is 0 Å². The maximum absolute atomic E-state index is 9.60. The Labute approximate surface area is 76.4 Å². The van der Waals surface area contributed by atoms with Crippen molar-refractivity contribution >= 4 is 10.8 Å². The van der Waals surface area contributed by atoms with Crippen LogP contribution in [0.25, 0.3) is 10.8 Å². The Balaban J connectivity index is 2.87. The Bertz CT molecular complexity index is 430. The lowest BCUT2D eigenvalue weighted by Gasteiger charge is -2.05. The molecule has 0 aliphatic heterocycles. The summed E-state index contributed by atoms with van der Waals surface area (Å²) in [5.74, 6) is 0.963. The van der Waals surface area contributed by atoms with E-state index in [1.54, 1.807) is 13.2 Å². The second-order valence-electron chi connectivity index (χ2n) is 2.84. The Hall–Kier alpha value is -1.70. The van der Waals surface area contributed by atoms with Crippen LogP contribution in [-0.2, 0) is 0 Å². The van der Waals surface area contributed by atoms with E-state index < -0.39 is 0 Å². The first-order valence-electron chi connectivity index (χ1n) is 4.07. The molecule has 1 N–H and O–H groups in total. The van der Waals surface area contributed by atoms with Crippen molar-refractivity contribution in [2.45, 2.75) is 0 Å². The van der Waals surface area contributed by atoms with Crippen molar-refractivity contribution in [2.24, 2.45) is 0 Å². The Morgan fingerprint density at radius 2 is 1.77 bits per heavy atom. The molecular formula is C11H10O2. The number of rotatable bonds is 1. The topological polar surface area (TPSA) is 29.5 Å². The minimum absolute atomic E-state index is 0.259. The average molecular weight is 174 g/mol. The van der Waals surface area contributed by atoms with Crippen LogP contribution in [0.4, 0.5) is 0 Å². The molecule has 13 heavy (non-hydrogen) atoms. The minimum atomic E-state index is 0.259. The van der Waals surface area contributed by atoms with Crippen LogP contribution >= 0.6 is 0 Å². The van der Waals surface area contributed by atoms with E-state index in [1.165, 1.54) is 0 Å². The molecule has 0 unspecified atom stereocenters. The molecule has 0 saturated carbocycles. The molecular weight excluding hydrogens is 164 g/mol. The van der Waals surface area contributed by atoms with Crippen molar-refractivity contribution in [3.63, 3.8) is 0 Å². The number of hydrogen-bond acceptors (Lipinski definition) is 2. The Kier molecular flexibility index (Phi) is 1.81. The molecule has 2 aromatic carbocycles. The van der Waals surface area contributed by atoms with E-state index in [4.69, 9.17) is 4.74 Å². The van der Waals surface area contributed by atoms with Crippen LogP contribution < -0.4 is 4.74 Å². The van der Waals surface area contributed by atoms with Crippen LogP contribution in [0.2, 0.25) is 0 Å². The standard InChI is InChI=1S/C11H10O2/c1-13-10-7-3-5-8-4-2-6-9(12)11(8)10/h2-7,12H,1H3. The molecule has 0 atom stereocenters. The average Bonchev–Trinajstić information content (AvgIpc) is 2.17. The van der Waals surface area contributed by atoms with Crippen LogP contribution in [0.15, 0.2) is 36.4 Å². The number of fused-ring (bicyclic) bond motifs is 1. The van der Waals surface area contributed by atoms with E-state index in [-0.39, 0.29) is 5.75 Å². The third-order valence-electron chi connectivity index (χ3n) is 2.06. The predicted octanol–water partition coefficient (Wildman–Crippen LogP) is 2.55. The summed E-state index contributed by atoms with van der Waals surface area (Å²) in [7, 11) is 1.60. The first-order valence-corrected chi connectivity index (χ1v) is 4.07. The smallest absolute Gasteiger partial charge is 0.130 e. The first kappa shape index (κ1) is 7.92. The van der Waals surface area contributed by atoms with Gasteiger partial charge in [0.2, 0.25) is 0 Å². The number of ether oxygens (including phenoxy) is 1. The van der Waals surface area contributed by atoms with Gasteiger partial charge in [-0.15, -0.1) is 0 Å². The highest BCUT2D eigenvalue weighted by Gasteiger charge is 2.03. The highest BCUT2D eigenvalue weighted by atomic mass is 16.5. The second-order valence-corrected chi connectivity index (χ2v) is 2.84. The van der Waals surface area contributed by atoms with Gasteiger partial charge < -0.3 is 9.84 Å². The van der Waals surface area contributed by atoms with Crippen molar-refractivity contribution in [3.8, 4) is 11.5 Å². The third-order valence-corrected chi connectivity index (χ3v) is 2.06. The van der Waals surface area contributed by atoms with Crippen molar-refractivity contribution < 1.29 is 9.84 Å². The molecule has 0 spiro atoms. The van der Waals surface area contributed by atoms with Crippen molar-refractivity contribution in [1.29, 1.82) is 0 Å². The summed E-state index contributed by atoms with van der Waals surface area (Å²) in [4.78, 5) is 0. The van der Waals surface area contributed by atoms with Gasteiger partial charge in [0.15, 0.2) is 0 Å². The Morgan fingerprint density at radius 1 is 1.08 bits per heavy atom. The molecule has 2 aromatic rings. The lowest BCUT2D eigenvalue weighted by Crippen LogP contribution is -1.84. The molecule has 2 heteroatoms. The number of methoxy groups -OCH3 is 1. The van der Waals surface area contributed by atoms with Gasteiger partial charge in [-0.2, -0.15) is 0 Å². The van der Waals surface area contributed by atoms with Crippen LogP contribution in [0, 0.1) is 0 Å². The maximum atomic E-state index is 9.60. The molecule has 66 valence electrons. The van der Waals surface area contributed by atoms with Gasteiger partial charge in [-0.25, -0.2) is 0 Å². The molecule has 0 radical (unpaired) electrons. The molecule has 0 amide bonds. The summed E-state index contributed by atoms with van der Waals surface area (Å²) in [6, 6.07) is 11.1.